The van der Waals surface area contributed by atoms with Crippen LogP contribution in [0.1, 0.15) is 27.7 Å². The van der Waals surface area contributed by atoms with E-state index >= 15 is 0 Å². The summed E-state index contributed by atoms with van der Waals surface area (Å²) in [5.74, 6) is 0. The van der Waals surface area contributed by atoms with Crippen LogP contribution in [0.3, 0.4) is 0 Å². The van der Waals surface area contributed by atoms with Crippen molar-refractivity contribution in [1.82, 2.24) is 0 Å². The van der Waals surface area contributed by atoms with Gasteiger partial charge in [-0.2, -0.15) is 0 Å². The lowest BCUT2D eigenvalue weighted by Crippen LogP contribution is -2.52. The van der Waals surface area contributed by atoms with Gasteiger partial charge in [0.05, 0.1) is 20.1 Å². The first-order valence-corrected chi connectivity index (χ1v) is 5.02. The van der Waals surface area contributed by atoms with E-state index in [-0.39, 0.29) is 12.5 Å². The number of methoxy groups -OCH3 is 1. The summed E-state index contributed by atoms with van der Waals surface area (Å²) in [4.78, 5) is 0. The summed E-state index contributed by atoms with van der Waals surface area (Å²) in [6.07, 6.45) is 0.0653. The van der Waals surface area contributed by atoms with E-state index in [0.717, 1.165) is 17.6 Å². The number of nitrogens with zero attached hydrogens (tertiary/aromatic N) is 1. The second-order valence-corrected chi connectivity index (χ2v) is 3.65. The summed E-state index contributed by atoms with van der Waals surface area (Å²) in [6, 6.07) is 0. The smallest absolute Gasteiger partial charge is 0.192 e. The highest BCUT2D eigenvalue weighted by Gasteiger charge is 2.27. The largest absolute Gasteiger partial charge is 0.356 e. The van der Waals surface area contributed by atoms with Gasteiger partial charge in [-0.1, -0.05) is 0 Å². The SMILES string of the molecule is CC[N+](C)(CC)C(C)OC(C)OC. The molecule has 0 rings (SSSR count). The van der Waals surface area contributed by atoms with Gasteiger partial charge in [-0.15, -0.1) is 0 Å². The van der Waals surface area contributed by atoms with Crippen LogP contribution in [0, 0.1) is 0 Å². The van der Waals surface area contributed by atoms with Crippen molar-refractivity contribution in [2.24, 2.45) is 0 Å². The Kier molecular flexibility index (Phi) is 5.53. The molecule has 13 heavy (non-hydrogen) atoms. The molecule has 0 spiro atoms. The second-order valence-electron chi connectivity index (χ2n) is 3.65. The fraction of sp³-hybridized carbons (Fsp3) is 1.00. The van der Waals surface area contributed by atoms with Gasteiger partial charge in [-0.25, -0.2) is 0 Å². The quantitative estimate of drug-likeness (QED) is 0.470. The average Bonchev–Trinajstić information content (AvgIpc) is 2.16. The first-order chi connectivity index (χ1) is 6.00. The fourth-order valence-corrected chi connectivity index (χ4v) is 1.22. The van der Waals surface area contributed by atoms with Crippen molar-refractivity contribution in [2.75, 3.05) is 27.2 Å². The van der Waals surface area contributed by atoms with Gasteiger partial charge < -0.3 is 14.0 Å². The number of hydrogen-bond donors (Lipinski definition) is 0. The lowest BCUT2D eigenvalue weighted by molar-refractivity contribution is -0.951. The minimum Gasteiger partial charge on any atom is -0.356 e. The number of ether oxygens (including phenoxy) is 2. The summed E-state index contributed by atoms with van der Waals surface area (Å²) in [5.41, 5.74) is 0. The molecule has 0 aromatic rings. The molecule has 0 saturated carbocycles. The molecule has 80 valence electrons. The molecule has 0 heterocycles. The van der Waals surface area contributed by atoms with Crippen LogP contribution in [0.2, 0.25) is 0 Å². The van der Waals surface area contributed by atoms with Gasteiger partial charge in [0.2, 0.25) is 0 Å². The maximum Gasteiger partial charge on any atom is 0.192 e. The molecule has 0 N–H and O–H groups in total. The first-order valence-electron chi connectivity index (χ1n) is 5.02. The topological polar surface area (TPSA) is 18.5 Å². The van der Waals surface area contributed by atoms with Gasteiger partial charge in [0, 0.05) is 14.0 Å². The fourth-order valence-electron chi connectivity index (χ4n) is 1.22. The summed E-state index contributed by atoms with van der Waals surface area (Å²) >= 11 is 0. The Hall–Kier alpha value is -0.120. The van der Waals surface area contributed by atoms with E-state index in [1.165, 1.54) is 0 Å². The van der Waals surface area contributed by atoms with Gasteiger partial charge in [0.1, 0.15) is 0 Å². The number of hydrogen-bond acceptors (Lipinski definition) is 2. The summed E-state index contributed by atoms with van der Waals surface area (Å²) < 4.78 is 11.7. The Bertz CT molecular complexity index is 135. The van der Waals surface area contributed by atoms with Crippen molar-refractivity contribution in [2.45, 2.75) is 40.2 Å². The molecule has 0 aliphatic carbocycles. The predicted molar refractivity (Wildman–Crippen MR) is 54.3 cm³/mol. The van der Waals surface area contributed by atoms with Crippen molar-refractivity contribution >= 4 is 0 Å². The number of quaternary nitrogens is 1. The first kappa shape index (κ1) is 12.9. The Labute approximate surface area is 82.2 Å². The van der Waals surface area contributed by atoms with Crippen LogP contribution < -0.4 is 0 Å². The molecule has 0 aromatic carbocycles. The molecule has 0 aliphatic heterocycles. The third-order valence-electron chi connectivity index (χ3n) is 3.04. The molecule has 0 fully saturated rings. The molecule has 0 bridgehead atoms. The maximum atomic E-state index is 5.70. The zero-order chi connectivity index (χ0) is 10.5. The normalized spacial score (nSPS) is 17.1. The molecule has 0 radical (unpaired) electrons. The van der Waals surface area contributed by atoms with Gasteiger partial charge in [0.25, 0.3) is 0 Å². The predicted octanol–water partition coefficient (Wildman–Crippen LogP) is 1.83. The van der Waals surface area contributed by atoms with Gasteiger partial charge in [-0.05, 0) is 20.8 Å². The van der Waals surface area contributed by atoms with Crippen molar-refractivity contribution in [3.05, 3.63) is 0 Å². The lowest BCUT2D eigenvalue weighted by Gasteiger charge is -2.38. The highest BCUT2D eigenvalue weighted by molar-refractivity contribution is 4.39. The Morgan fingerprint density at radius 2 is 1.62 bits per heavy atom. The minimum atomic E-state index is -0.120. The zero-order valence-corrected chi connectivity index (χ0v) is 9.83. The third-order valence-corrected chi connectivity index (χ3v) is 3.04. The van der Waals surface area contributed by atoms with Crippen LogP contribution in [-0.2, 0) is 9.47 Å². The summed E-state index contributed by atoms with van der Waals surface area (Å²) in [5, 5.41) is 0. The van der Waals surface area contributed by atoms with Gasteiger partial charge in [-0.3, -0.25) is 0 Å². The van der Waals surface area contributed by atoms with E-state index in [4.69, 9.17) is 9.47 Å². The van der Waals surface area contributed by atoms with Crippen molar-refractivity contribution in [1.29, 1.82) is 0 Å². The van der Waals surface area contributed by atoms with Crippen molar-refractivity contribution in [3.8, 4) is 0 Å². The van der Waals surface area contributed by atoms with Crippen LogP contribution in [-0.4, -0.2) is 44.2 Å². The molecular weight excluding hydrogens is 166 g/mol. The molecule has 3 nitrogen and oxygen atoms in total. The number of rotatable bonds is 6. The van der Waals surface area contributed by atoms with E-state index in [9.17, 15) is 0 Å². The third kappa shape index (κ3) is 3.63. The Morgan fingerprint density at radius 3 is 1.92 bits per heavy atom. The van der Waals surface area contributed by atoms with E-state index in [2.05, 4.69) is 27.8 Å². The molecule has 2 unspecified atom stereocenters. The summed E-state index contributed by atoms with van der Waals surface area (Å²) in [7, 11) is 3.87. The molecule has 3 heteroatoms. The lowest BCUT2D eigenvalue weighted by atomic mass is 10.3. The van der Waals surface area contributed by atoms with E-state index in [1.807, 2.05) is 6.92 Å². The molecular formula is C10H24NO2+. The van der Waals surface area contributed by atoms with Gasteiger partial charge >= 0.3 is 0 Å². The molecule has 0 amide bonds. The highest BCUT2D eigenvalue weighted by atomic mass is 16.7. The van der Waals surface area contributed by atoms with Crippen molar-refractivity contribution < 1.29 is 14.0 Å². The van der Waals surface area contributed by atoms with Crippen LogP contribution in [0.4, 0.5) is 0 Å². The van der Waals surface area contributed by atoms with Crippen LogP contribution in [0.5, 0.6) is 0 Å². The van der Waals surface area contributed by atoms with Gasteiger partial charge in [0.15, 0.2) is 12.5 Å². The van der Waals surface area contributed by atoms with Crippen LogP contribution in [0.15, 0.2) is 0 Å². The van der Waals surface area contributed by atoms with Crippen LogP contribution >= 0.6 is 0 Å². The van der Waals surface area contributed by atoms with Crippen molar-refractivity contribution in [3.63, 3.8) is 0 Å². The second kappa shape index (κ2) is 5.58. The van der Waals surface area contributed by atoms with Crippen LogP contribution in [0.25, 0.3) is 0 Å². The van der Waals surface area contributed by atoms with E-state index in [0.29, 0.717) is 0 Å². The molecule has 0 aromatic heterocycles. The molecule has 2 atom stereocenters. The maximum absolute atomic E-state index is 5.70. The molecule has 0 saturated heterocycles. The highest BCUT2D eigenvalue weighted by Crippen LogP contribution is 2.12. The zero-order valence-electron chi connectivity index (χ0n) is 9.83. The Morgan fingerprint density at radius 1 is 1.15 bits per heavy atom. The van der Waals surface area contributed by atoms with E-state index in [1.54, 1.807) is 7.11 Å². The standard InChI is InChI=1S/C10H24NO2/c1-7-11(5,8-2)9(3)13-10(4)12-6/h9-10H,7-8H2,1-6H3/q+1. The monoisotopic (exact) mass is 190 g/mol. The Balaban J connectivity index is 4.13. The minimum absolute atomic E-state index is 0.120. The molecule has 0 aliphatic rings. The van der Waals surface area contributed by atoms with E-state index < -0.39 is 0 Å². The average molecular weight is 190 g/mol. The summed E-state index contributed by atoms with van der Waals surface area (Å²) in [6.45, 7) is 10.5.